The summed E-state index contributed by atoms with van der Waals surface area (Å²) < 4.78 is 27.4. The lowest BCUT2D eigenvalue weighted by atomic mass is 10.2. The number of aromatic nitrogens is 2. The van der Waals surface area contributed by atoms with Crippen LogP contribution in [0.15, 0.2) is 35.4 Å². The van der Waals surface area contributed by atoms with Crippen molar-refractivity contribution in [2.24, 2.45) is 7.05 Å². The Morgan fingerprint density at radius 1 is 1.36 bits per heavy atom. The first-order valence-electron chi connectivity index (χ1n) is 6.64. The van der Waals surface area contributed by atoms with Crippen molar-refractivity contribution in [1.29, 1.82) is 0 Å². The minimum atomic E-state index is -3.49. The number of nitrogens with one attached hydrogen (secondary N) is 2. The number of aryl methyl sites for hydroxylation is 1. The van der Waals surface area contributed by atoms with E-state index in [1.165, 1.54) is 25.4 Å². The number of amides is 1. The van der Waals surface area contributed by atoms with E-state index in [0.29, 0.717) is 11.1 Å². The maximum Gasteiger partial charge on any atom is 0.255 e. The second kappa shape index (κ2) is 6.29. The molecule has 0 saturated carbocycles. The van der Waals surface area contributed by atoms with Gasteiger partial charge in [-0.05, 0) is 31.7 Å². The Hall–Kier alpha value is -2.19. The van der Waals surface area contributed by atoms with Gasteiger partial charge in [0.15, 0.2) is 0 Å². The van der Waals surface area contributed by atoms with E-state index in [-0.39, 0.29) is 17.3 Å². The molecule has 0 unspecified atom stereocenters. The van der Waals surface area contributed by atoms with Crippen LogP contribution in [0.5, 0.6) is 0 Å². The summed E-state index contributed by atoms with van der Waals surface area (Å²) in [6, 6.07) is 6.43. The van der Waals surface area contributed by atoms with Gasteiger partial charge >= 0.3 is 0 Å². The van der Waals surface area contributed by atoms with Crippen molar-refractivity contribution in [2.75, 3.05) is 7.05 Å². The van der Waals surface area contributed by atoms with E-state index in [1.54, 1.807) is 23.9 Å². The highest BCUT2D eigenvalue weighted by Crippen LogP contribution is 2.11. The molecule has 2 rings (SSSR count). The first kappa shape index (κ1) is 16.2. The number of rotatable bonds is 5. The fourth-order valence-corrected chi connectivity index (χ4v) is 2.74. The maximum absolute atomic E-state index is 12.1. The highest BCUT2D eigenvalue weighted by Gasteiger charge is 2.14. The minimum Gasteiger partial charge on any atom is -0.348 e. The molecule has 1 heterocycles. The lowest BCUT2D eigenvalue weighted by Crippen LogP contribution is -2.24. The van der Waals surface area contributed by atoms with Gasteiger partial charge in [0, 0.05) is 19.3 Å². The molecule has 2 N–H and O–H groups in total. The topological polar surface area (TPSA) is 93.1 Å². The molecule has 0 fully saturated rings. The monoisotopic (exact) mass is 322 g/mol. The van der Waals surface area contributed by atoms with Gasteiger partial charge in [-0.15, -0.1) is 0 Å². The molecule has 1 aromatic heterocycles. The molecule has 22 heavy (non-hydrogen) atoms. The summed E-state index contributed by atoms with van der Waals surface area (Å²) in [6.45, 7) is 2.04. The molecule has 8 heteroatoms. The number of nitrogens with zero attached hydrogens (tertiary/aromatic N) is 2. The van der Waals surface area contributed by atoms with Crippen molar-refractivity contribution >= 4 is 15.9 Å². The first-order chi connectivity index (χ1) is 10.3. The van der Waals surface area contributed by atoms with Gasteiger partial charge in [0.2, 0.25) is 10.0 Å². The molecule has 2 aromatic rings. The van der Waals surface area contributed by atoms with E-state index in [2.05, 4.69) is 15.1 Å². The largest absolute Gasteiger partial charge is 0.348 e. The summed E-state index contributed by atoms with van der Waals surface area (Å²) in [5.74, 6) is -0.243. The smallest absolute Gasteiger partial charge is 0.255 e. The fraction of sp³-hybridized carbons (Fsp3) is 0.286. The first-order valence-corrected chi connectivity index (χ1v) is 8.13. The van der Waals surface area contributed by atoms with Crippen molar-refractivity contribution in [3.05, 3.63) is 47.3 Å². The molecule has 0 saturated heterocycles. The van der Waals surface area contributed by atoms with E-state index in [9.17, 15) is 13.2 Å². The van der Waals surface area contributed by atoms with Crippen LogP contribution < -0.4 is 10.0 Å². The van der Waals surface area contributed by atoms with Crippen LogP contribution in [0.4, 0.5) is 0 Å². The number of carbonyl (C=O) groups excluding carboxylic acids is 1. The highest BCUT2D eigenvalue weighted by molar-refractivity contribution is 7.89. The molecule has 1 amide bonds. The van der Waals surface area contributed by atoms with Crippen LogP contribution in [-0.2, 0) is 23.6 Å². The van der Waals surface area contributed by atoms with Crippen LogP contribution in [0.2, 0.25) is 0 Å². The number of carbonyl (C=O) groups is 1. The molecule has 0 aliphatic rings. The number of hydrogen-bond acceptors (Lipinski definition) is 4. The third-order valence-corrected chi connectivity index (χ3v) is 4.82. The van der Waals surface area contributed by atoms with E-state index < -0.39 is 10.0 Å². The predicted molar refractivity (Wildman–Crippen MR) is 81.8 cm³/mol. The summed E-state index contributed by atoms with van der Waals surface area (Å²) in [6.07, 6.45) is 1.51. The zero-order valence-electron chi connectivity index (χ0n) is 12.6. The minimum absolute atomic E-state index is 0.166. The highest BCUT2D eigenvalue weighted by atomic mass is 32.2. The van der Waals surface area contributed by atoms with Gasteiger partial charge < -0.3 is 5.32 Å². The van der Waals surface area contributed by atoms with E-state index >= 15 is 0 Å². The van der Waals surface area contributed by atoms with Crippen LogP contribution in [0, 0.1) is 6.92 Å². The van der Waals surface area contributed by atoms with Gasteiger partial charge in [0.05, 0.1) is 16.7 Å². The maximum atomic E-state index is 12.1. The van der Waals surface area contributed by atoms with E-state index in [0.717, 1.165) is 5.69 Å². The van der Waals surface area contributed by atoms with Gasteiger partial charge in [-0.25, -0.2) is 13.1 Å². The number of sulfonamides is 1. The fourth-order valence-electron chi connectivity index (χ4n) is 1.94. The normalized spacial score (nSPS) is 11.4. The second-order valence-electron chi connectivity index (χ2n) is 4.80. The molecule has 0 spiro atoms. The van der Waals surface area contributed by atoms with Crippen LogP contribution in [0.1, 0.15) is 21.6 Å². The molecule has 0 radical (unpaired) electrons. The van der Waals surface area contributed by atoms with Crippen molar-refractivity contribution in [2.45, 2.75) is 18.4 Å². The molecule has 0 aliphatic carbocycles. The van der Waals surface area contributed by atoms with Gasteiger partial charge in [0.25, 0.3) is 5.91 Å². The average Bonchev–Trinajstić information content (AvgIpc) is 2.85. The Labute approximate surface area is 129 Å². The summed E-state index contributed by atoms with van der Waals surface area (Å²) in [4.78, 5) is 12.3. The Kier molecular flexibility index (Phi) is 4.62. The Morgan fingerprint density at radius 3 is 2.68 bits per heavy atom. The SMILES string of the molecule is CNS(=O)(=O)c1cccc(CNC(=O)c2cnn(C)c2C)c1. The third-order valence-electron chi connectivity index (χ3n) is 3.41. The van der Waals surface area contributed by atoms with Gasteiger partial charge in [-0.1, -0.05) is 12.1 Å². The van der Waals surface area contributed by atoms with Gasteiger partial charge in [-0.3, -0.25) is 9.48 Å². The molecule has 0 aliphatic heterocycles. The summed E-state index contributed by atoms with van der Waals surface area (Å²) in [5.41, 5.74) is 1.97. The Balaban J connectivity index is 2.11. The molecular formula is C14H18N4O3S. The quantitative estimate of drug-likeness (QED) is 0.841. The molecule has 0 atom stereocenters. The summed E-state index contributed by atoms with van der Waals surface area (Å²) >= 11 is 0. The van der Waals surface area contributed by atoms with Crippen molar-refractivity contribution < 1.29 is 13.2 Å². The Morgan fingerprint density at radius 2 is 2.09 bits per heavy atom. The second-order valence-corrected chi connectivity index (χ2v) is 6.69. The summed E-state index contributed by atoms with van der Waals surface area (Å²) in [5, 5.41) is 6.78. The molecule has 0 bridgehead atoms. The van der Waals surface area contributed by atoms with Gasteiger partial charge in [0.1, 0.15) is 0 Å². The van der Waals surface area contributed by atoms with E-state index in [1.807, 2.05) is 6.92 Å². The molecule has 1 aromatic carbocycles. The molecular weight excluding hydrogens is 304 g/mol. The zero-order valence-corrected chi connectivity index (χ0v) is 13.4. The zero-order chi connectivity index (χ0) is 16.3. The molecule has 118 valence electrons. The number of hydrogen-bond donors (Lipinski definition) is 2. The Bertz CT molecular complexity index is 796. The standard InChI is InChI=1S/C14H18N4O3S/c1-10-13(9-17-18(10)3)14(19)16-8-11-5-4-6-12(7-11)22(20,21)15-2/h4-7,9,15H,8H2,1-3H3,(H,16,19). The van der Waals surface area contributed by atoms with Crippen LogP contribution in [0.25, 0.3) is 0 Å². The van der Waals surface area contributed by atoms with Crippen LogP contribution in [-0.4, -0.2) is 31.2 Å². The lowest BCUT2D eigenvalue weighted by Gasteiger charge is -2.07. The van der Waals surface area contributed by atoms with Gasteiger partial charge in [-0.2, -0.15) is 5.10 Å². The average molecular weight is 322 g/mol. The van der Waals surface area contributed by atoms with Crippen molar-refractivity contribution in [3.8, 4) is 0 Å². The van der Waals surface area contributed by atoms with Crippen molar-refractivity contribution in [1.82, 2.24) is 19.8 Å². The van der Waals surface area contributed by atoms with Crippen molar-refractivity contribution in [3.63, 3.8) is 0 Å². The van der Waals surface area contributed by atoms with Crippen LogP contribution >= 0.6 is 0 Å². The van der Waals surface area contributed by atoms with Crippen LogP contribution in [0.3, 0.4) is 0 Å². The molecule has 7 nitrogen and oxygen atoms in total. The number of benzene rings is 1. The summed E-state index contributed by atoms with van der Waals surface area (Å²) in [7, 11) is -0.373. The van der Waals surface area contributed by atoms with E-state index in [4.69, 9.17) is 0 Å². The predicted octanol–water partition coefficient (Wildman–Crippen LogP) is 0.567. The lowest BCUT2D eigenvalue weighted by molar-refractivity contribution is 0.0950. The third kappa shape index (κ3) is 3.34.